The van der Waals surface area contributed by atoms with Crippen LogP contribution in [0.15, 0.2) is 36.4 Å². The normalized spacial score (nSPS) is 10.6. The topological polar surface area (TPSA) is 53.1 Å². The molecule has 16 heavy (non-hydrogen) atoms. The second-order valence-corrected chi connectivity index (χ2v) is 3.64. The van der Waals surface area contributed by atoms with Crippen molar-refractivity contribution in [3.05, 3.63) is 47.7 Å². The summed E-state index contributed by atoms with van der Waals surface area (Å²) < 4.78 is 6.80. The van der Waals surface area contributed by atoms with E-state index in [4.69, 9.17) is 10.5 Å². The molecule has 4 nitrogen and oxygen atoms in total. The number of aromatic nitrogens is 2. The fourth-order valence-electron chi connectivity index (χ4n) is 1.59. The molecule has 0 radical (unpaired) electrons. The number of hydrogen-bond donors (Lipinski definition) is 1. The highest BCUT2D eigenvalue weighted by atomic mass is 16.5. The smallest absolute Gasteiger partial charge is 0.122 e. The Balaban J connectivity index is 2.15. The molecule has 2 N–H and O–H groups in total. The van der Waals surface area contributed by atoms with E-state index in [0.717, 1.165) is 5.69 Å². The molecule has 2 aromatic rings. The summed E-state index contributed by atoms with van der Waals surface area (Å²) in [5, 5.41) is 4.36. The van der Waals surface area contributed by atoms with Crippen molar-refractivity contribution in [2.45, 2.75) is 13.2 Å². The SMILES string of the molecule is COCc1cc(N)n(Cc2ccccc2)n1. The summed E-state index contributed by atoms with van der Waals surface area (Å²) in [6.45, 7) is 1.18. The lowest BCUT2D eigenvalue weighted by Gasteiger charge is -2.03. The molecule has 0 spiro atoms. The van der Waals surface area contributed by atoms with Crippen LogP contribution >= 0.6 is 0 Å². The summed E-state index contributed by atoms with van der Waals surface area (Å²) in [5.41, 5.74) is 7.90. The number of benzene rings is 1. The summed E-state index contributed by atoms with van der Waals surface area (Å²) >= 11 is 0. The van der Waals surface area contributed by atoms with Gasteiger partial charge in [-0.25, -0.2) is 4.68 Å². The number of hydrogen-bond acceptors (Lipinski definition) is 3. The van der Waals surface area contributed by atoms with Crippen molar-refractivity contribution in [2.24, 2.45) is 0 Å². The predicted molar refractivity (Wildman–Crippen MR) is 62.9 cm³/mol. The first kappa shape index (κ1) is 10.7. The molecule has 0 atom stereocenters. The van der Waals surface area contributed by atoms with Crippen molar-refractivity contribution in [2.75, 3.05) is 12.8 Å². The maximum absolute atomic E-state index is 5.86. The van der Waals surface area contributed by atoms with Crippen LogP contribution in [0.5, 0.6) is 0 Å². The molecular formula is C12H15N3O. The van der Waals surface area contributed by atoms with E-state index in [1.165, 1.54) is 5.56 Å². The number of methoxy groups -OCH3 is 1. The standard InChI is InChI=1S/C12H15N3O/c1-16-9-11-7-12(13)15(14-11)8-10-5-3-2-4-6-10/h2-7H,8-9,13H2,1H3. The lowest BCUT2D eigenvalue weighted by Crippen LogP contribution is -2.06. The average Bonchev–Trinajstić information content (AvgIpc) is 2.61. The van der Waals surface area contributed by atoms with E-state index in [1.54, 1.807) is 11.8 Å². The largest absolute Gasteiger partial charge is 0.384 e. The highest BCUT2D eigenvalue weighted by Crippen LogP contribution is 2.10. The van der Waals surface area contributed by atoms with Gasteiger partial charge in [-0.1, -0.05) is 30.3 Å². The van der Waals surface area contributed by atoms with Gasteiger partial charge in [-0.05, 0) is 5.56 Å². The van der Waals surface area contributed by atoms with Gasteiger partial charge in [-0.15, -0.1) is 0 Å². The highest BCUT2D eigenvalue weighted by Gasteiger charge is 2.04. The molecule has 0 aliphatic rings. The zero-order chi connectivity index (χ0) is 11.4. The van der Waals surface area contributed by atoms with Crippen molar-refractivity contribution in [3.63, 3.8) is 0 Å². The minimum atomic E-state index is 0.492. The lowest BCUT2D eigenvalue weighted by atomic mass is 10.2. The zero-order valence-corrected chi connectivity index (χ0v) is 9.26. The summed E-state index contributed by atoms with van der Waals surface area (Å²) in [5.74, 6) is 0.663. The molecule has 1 aromatic carbocycles. The quantitative estimate of drug-likeness (QED) is 0.847. The Morgan fingerprint density at radius 1 is 1.31 bits per heavy atom. The first-order valence-electron chi connectivity index (χ1n) is 5.14. The molecule has 0 unspecified atom stereocenters. The van der Waals surface area contributed by atoms with Gasteiger partial charge < -0.3 is 10.5 Å². The van der Waals surface area contributed by atoms with Crippen molar-refractivity contribution >= 4 is 5.82 Å². The van der Waals surface area contributed by atoms with E-state index < -0.39 is 0 Å². The van der Waals surface area contributed by atoms with Gasteiger partial charge in [0.1, 0.15) is 5.82 Å². The third-order valence-electron chi connectivity index (χ3n) is 2.33. The molecule has 1 heterocycles. The maximum atomic E-state index is 5.86. The van der Waals surface area contributed by atoms with Crippen LogP contribution in [-0.4, -0.2) is 16.9 Å². The Morgan fingerprint density at radius 2 is 2.06 bits per heavy atom. The Kier molecular flexibility index (Phi) is 3.22. The van der Waals surface area contributed by atoms with Crippen LogP contribution in [0, 0.1) is 0 Å². The van der Waals surface area contributed by atoms with E-state index in [1.807, 2.05) is 24.3 Å². The molecular weight excluding hydrogens is 202 g/mol. The van der Waals surface area contributed by atoms with Gasteiger partial charge in [0.25, 0.3) is 0 Å². The van der Waals surface area contributed by atoms with Crippen LogP contribution in [0.25, 0.3) is 0 Å². The molecule has 4 heteroatoms. The maximum Gasteiger partial charge on any atom is 0.122 e. The summed E-state index contributed by atoms with van der Waals surface area (Å²) in [4.78, 5) is 0. The molecule has 0 saturated carbocycles. The molecule has 0 bridgehead atoms. The highest BCUT2D eigenvalue weighted by molar-refractivity contribution is 5.32. The number of nitrogens with zero attached hydrogens (tertiary/aromatic N) is 2. The first-order chi connectivity index (χ1) is 7.79. The fourth-order valence-corrected chi connectivity index (χ4v) is 1.59. The van der Waals surface area contributed by atoms with E-state index in [0.29, 0.717) is 19.0 Å². The molecule has 1 aromatic heterocycles. The van der Waals surface area contributed by atoms with Gasteiger partial charge in [-0.3, -0.25) is 0 Å². The van der Waals surface area contributed by atoms with E-state index >= 15 is 0 Å². The molecule has 0 amide bonds. The Morgan fingerprint density at radius 3 is 2.75 bits per heavy atom. The van der Waals surface area contributed by atoms with E-state index in [2.05, 4.69) is 17.2 Å². The number of rotatable bonds is 4. The molecule has 84 valence electrons. The summed E-state index contributed by atoms with van der Waals surface area (Å²) in [7, 11) is 1.65. The van der Waals surface area contributed by atoms with Crippen LogP contribution in [-0.2, 0) is 17.9 Å². The minimum absolute atomic E-state index is 0.492. The second-order valence-electron chi connectivity index (χ2n) is 3.64. The second kappa shape index (κ2) is 4.81. The predicted octanol–water partition coefficient (Wildman–Crippen LogP) is 1.66. The van der Waals surface area contributed by atoms with Crippen LogP contribution in [0.2, 0.25) is 0 Å². The lowest BCUT2D eigenvalue weighted by molar-refractivity contribution is 0.181. The van der Waals surface area contributed by atoms with Crippen molar-refractivity contribution in [1.29, 1.82) is 0 Å². The molecule has 0 aliphatic carbocycles. The monoisotopic (exact) mass is 217 g/mol. The molecule has 0 saturated heterocycles. The number of ether oxygens (including phenoxy) is 1. The van der Waals surface area contributed by atoms with Gasteiger partial charge in [-0.2, -0.15) is 5.10 Å². The minimum Gasteiger partial charge on any atom is -0.384 e. The van der Waals surface area contributed by atoms with Crippen LogP contribution < -0.4 is 5.73 Å². The zero-order valence-electron chi connectivity index (χ0n) is 9.26. The van der Waals surface area contributed by atoms with Gasteiger partial charge >= 0.3 is 0 Å². The molecule has 2 rings (SSSR count). The first-order valence-corrected chi connectivity index (χ1v) is 5.14. The molecule has 0 aliphatic heterocycles. The van der Waals surface area contributed by atoms with E-state index in [9.17, 15) is 0 Å². The van der Waals surface area contributed by atoms with Crippen molar-refractivity contribution < 1.29 is 4.74 Å². The van der Waals surface area contributed by atoms with Gasteiger partial charge in [0.15, 0.2) is 0 Å². The number of anilines is 1. The van der Waals surface area contributed by atoms with Crippen molar-refractivity contribution in [1.82, 2.24) is 9.78 Å². The summed E-state index contributed by atoms with van der Waals surface area (Å²) in [6.07, 6.45) is 0. The Hall–Kier alpha value is -1.81. The van der Waals surface area contributed by atoms with Crippen LogP contribution in [0.4, 0.5) is 5.82 Å². The van der Waals surface area contributed by atoms with Gasteiger partial charge in [0.2, 0.25) is 0 Å². The Labute approximate surface area is 94.6 Å². The fraction of sp³-hybridized carbons (Fsp3) is 0.250. The Bertz CT molecular complexity index is 451. The van der Waals surface area contributed by atoms with Crippen LogP contribution in [0.1, 0.15) is 11.3 Å². The third kappa shape index (κ3) is 2.41. The number of nitrogen functional groups attached to an aromatic ring is 1. The molecule has 0 fully saturated rings. The van der Waals surface area contributed by atoms with Gasteiger partial charge in [0, 0.05) is 13.2 Å². The number of nitrogens with two attached hydrogens (primary N) is 1. The van der Waals surface area contributed by atoms with Gasteiger partial charge in [0.05, 0.1) is 18.8 Å². The summed E-state index contributed by atoms with van der Waals surface area (Å²) in [6, 6.07) is 11.9. The average molecular weight is 217 g/mol. The van der Waals surface area contributed by atoms with Crippen LogP contribution in [0.3, 0.4) is 0 Å². The van der Waals surface area contributed by atoms with Crippen molar-refractivity contribution in [3.8, 4) is 0 Å². The third-order valence-corrected chi connectivity index (χ3v) is 2.33. The van der Waals surface area contributed by atoms with E-state index in [-0.39, 0.29) is 0 Å².